The molecule has 1 aliphatic carbocycles. The molecule has 0 radical (unpaired) electrons. The summed E-state index contributed by atoms with van der Waals surface area (Å²) in [4.78, 5) is 16.4. The number of ether oxygens (including phenoxy) is 3. The molecule has 2 aliphatic rings. The normalized spacial score (nSPS) is 24.5. The highest BCUT2D eigenvalue weighted by molar-refractivity contribution is 5.70. The molecule has 0 amide bonds. The number of nitrogens with two attached hydrogens (primary N) is 1. The number of rotatable bonds is 6. The van der Waals surface area contributed by atoms with E-state index < -0.39 is 0 Å². The zero-order valence-corrected chi connectivity index (χ0v) is 16.3. The first-order valence-electron chi connectivity index (χ1n) is 10.0. The second-order valence-corrected chi connectivity index (χ2v) is 7.83. The Bertz CT molecular complexity index is 831. The molecular formula is C20H28N4O4. The summed E-state index contributed by atoms with van der Waals surface area (Å²) in [5.74, 6) is 0.240. The van der Waals surface area contributed by atoms with Crippen molar-refractivity contribution in [3.63, 3.8) is 0 Å². The summed E-state index contributed by atoms with van der Waals surface area (Å²) in [5.41, 5.74) is 7.26. The predicted octanol–water partition coefficient (Wildman–Crippen LogP) is 2.81. The fourth-order valence-electron chi connectivity index (χ4n) is 4.41. The van der Waals surface area contributed by atoms with E-state index in [4.69, 9.17) is 19.9 Å². The number of esters is 1. The molecule has 152 valence electrons. The van der Waals surface area contributed by atoms with Crippen molar-refractivity contribution in [3.8, 4) is 0 Å². The molecule has 1 aliphatic heterocycles. The van der Waals surface area contributed by atoms with E-state index in [0.717, 1.165) is 49.7 Å². The minimum Gasteiger partial charge on any atom is -0.463 e. The van der Waals surface area contributed by atoms with Crippen LogP contribution < -0.4 is 5.73 Å². The van der Waals surface area contributed by atoms with Gasteiger partial charge in [-0.05, 0) is 37.8 Å². The lowest BCUT2D eigenvalue weighted by Crippen LogP contribution is -2.37. The van der Waals surface area contributed by atoms with Gasteiger partial charge in [0.05, 0.1) is 23.8 Å². The molecule has 8 nitrogen and oxygen atoms in total. The minimum absolute atomic E-state index is 0.0934. The van der Waals surface area contributed by atoms with E-state index >= 15 is 0 Å². The first-order chi connectivity index (χ1) is 13.6. The minimum atomic E-state index is -0.348. The zero-order valence-electron chi connectivity index (χ0n) is 16.3. The number of anilines is 1. The number of nitrogen functional groups attached to an aromatic ring is 1. The molecule has 8 heteroatoms. The van der Waals surface area contributed by atoms with Crippen molar-refractivity contribution in [1.82, 2.24) is 14.6 Å². The van der Waals surface area contributed by atoms with Crippen molar-refractivity contribution >= 4 is 17.3 Å². The number of carbonyl (C=O) groups excluding carboxylic acids is 1. The topological polar surface area (TPSA) is 101 Å². The van der Waals surface area contributed by atoms with E-state index in [1.54, 1.807) is 11.6 Å². The largest absolute Gasteiger partial charge is 0.463 e. The second kappa shape index (κ2) is 8.05. The Kier molecular flexibility index (Phi) is 5.50. The molecule has 28 heavy (non-hydrogen) atoms. The van der Waals surface area contributed by atoms with Gasteiger partial charge < -0.3 is 19.9 Å². The number of hydrogen-bond donors (Lipinski definition) is 1. The van der Waals surface area contributed by atoms with Gasteiger partial charge in [0.15, 0.2) is 5.82 Å². The third kappa shape index (κ3) is 3.84. The first-order valence-corrected chi connectivity index (χ1v) is 10.0. The highest BCUT2D eigenvalue weighted by Gasteiger charge is 2.36. The molecule has 0 spiro atoms. The molecule has 2 fully saturated rings. The molecular weight excluding hydrogens is 360 g/mol. The predicted molar refractivity (Wildman–Crippen MR) is 103 cm³/mol. The molecule has 0 bridgehead atoms. The van der Waals surface area contributed by atoms with Crippen LogP contribution in [0.15, 0.2) is 18.5 Å². The molecule has 1 saturated carbocycles. The van der Waals surface area contributed by atoms with Crippen molar-refractivity contribution in [2.75, 3.05) is 19.5 Å². The van der Waals surface area contributed by atoms with Gasteiger partial charge in [-0.2, -0.15) is 5.10 Å². The average Bonchev–Trinajstić information content (AvgIpc) is 3.34. The van der Waals surface area contributed by atoms with Gasteiger partial charge in [0.1, 0.15) is 24.6 Å². The lowest BCUT2D eigenvalue weighted by atomic mass is 9.82. The highest BCUT2D eigenvalue weighted by Crippen LogP contribution is 2.36. The summed E-state index contributed by atoms with van der Waals surface area (Å²) >= 11 is 0. The van der Waals surface area contributed by atoms with Crippen molar-refractivity contribution in [3.05, 3.63) is 24.2 Å². The van der Waals surface area contributed by atoms with Crippen LogP contribution in [0.1, 0.15) is 63.2 Å². The number of hydrogen-bond acceptors (Lipinski definition) is 7. The molecule has 0 aromatic carbocycles. The van der Waals surface area contributed by atoms with Crippen LogP contribution in [-0.2, 0) is 19.0 Å². The number of carbonyl (C=O) groups is 1. The molecule has 3 heterocycles. The van der Waals surface area contributed by atoms with Crippen LogP contribution >= 0.6 is 0 Å². The van der Waals surface area contributed by atoms with Crippen molar-refractivity contribution < 1.29 is 19.0 Å². The Morgan fingerprint density at radius 3 is 2.93 bits per heavy atom. The smallest absolute Gasteiger partial charge is 0.308 e. The molecule has 2 atom stereocenters. The number of aromatic nitrogens is 3. The fourth-order valence-corrected chi connectivity index (χ4v) is 4.41. The van der Waals surface area contributed by atoms with Gasteiger partial charge in [-0.1, -0.05) is 19.3 Å². The van der Waals surface area contributed by atoms with Crippen molar-refractivity contribution in [1.29, 1.82) is 0 Å². The van der Waals surface area contributed by atoms with E-state index in [1.165, 1.54) is 12.7 Å². The maximum atomic E-state index is 12.4. The summed E-state index contributed by atoms with van der Waals surface area (Å²) < 4.78 is 19.1. The van der Waals surface area contributed by atoms with Crippen LogP contribution in [-0.4, -0.2) is 46.0 Å². The van der Waals surface area contributed by atoms with Crippen LogP contribution in [0, 0.1) is 0 Å². The summed E-state index contributed by atoms with van der Waals surface area (Å²) in [6.07, 6.45) is 8.51. The molecule has 4 rings (SSSR count). The van der Waals surface area contributed by atoms with E-state index in [0.29, 0.717) is 12.2 Å². The maximum absolute atomic E-state index is 12.4. The molecule has 1 saturated heterocycles. The highest BCUT2D eigenvalue weighted by atomic mass is 16.6. The molecule has 2 aromatic heterocycles. The van der Waals surface area contributed by atoms with Crippen LogP contribution in [0.4, 0.5) is 5.82 Å². The Balaban J connectivity index is 1.31. The van der Waals surface area contributed by atoms with E-state index in [1.807, 2.05) is 12.1 Å². The van der Waals surface area contributed by atoms with Crippen molar-refractivity contribution in [2.45, 2.75) is 69.2 Å². The first kappa shape index (κ1) is 19.1. The zero-order chi connectivity index (χ0) is 19.6. The van der Waals surface area contributed by atoms with Crippen molar-refractivity contribution in [2.24, 2.45) is 0 Å². The van der Waals surface area contributed by atoms with Gasteiger partial charge in [-0.15, -0.1) is 0 Å². The molecule has 2 aromatic rings. The fraction of sp³-hybridized carbons (Fsp3) is 0.650. The third-order valence-electron chi connectivity index (χ3n) is 6.04. The van der Waals surface area contributed by atoms with Gasteiger partial charge in [-0.25, -0.2) is 9.50 Å². The Hall–Kier alpha value is -2.19. The average molecular weight is 388 g/mol. The quantitative estimate of drug-likeness (QED) is 0.759. The summed E-state index contributed by atoms with van der Waals surface area (Å²) in [7, 11) is 1.70. The maximum Gasteiger partial charge on any atom is 0.308 e. The van der Waals surface area contributed by atoms with Crippen LogP contribution in [0.2, 0.25) is 0 Å². The van der Waals surface area contributed by atoms with Gasteiger partial charge >= 0.3 is 5.97 Å². The Morgan fingerprint density at radius 1 is 1.32 bits per heavy atom. The second-order valence-electron chi connectivity index (χ2n) is 7.83. The van der Waals surface area contributed by atoms with Gasteiger partial charge in [0, 0.05) is 7.11 Å². The molecule has 2 N–H and O–H groups in total. The summed E-state index contributed by atoms with van der Waals surface area (Å²) in [5, 5.41) is 4.27. The van der Waals surface area contributed by atoms with Gasteiger partial charge in [0.2, 0.25) is 0 Å². The number of methoxy groups -OCH3 is 1. The standard InChI is InChI=1S/C20H28N4O4/c1-26-20(9-3-2-4-10-20)11-18(25)27-12-14-5-8-17(28-14)15-6-7-16-19(21)22-13-23-24(15)16/h6-7,13-14,17H,2-5,8-12H2,1H3,(H2,21,22,23). The Morgan fingerprint density at radius 2 is 2.14 bits per heavy atom. The van der Waals surface area contributed by atoms with Crippen LogP contribution in [0.25, 0.3) is 5.52 Å². The van der Waals surface area contributed by atoms with E-state index in [2.05, 4.69) is 10.1 Å². The van der Waals surface area contributed by atoms with Gasteiger partial charge in [0.25, 0.3) is 0 Å². The lowest BCUT2D eigenvalue weighted by molar-refractivity contribution is -0.156. The monoisotopic (exact) mass is 388 g/mol. The summed E-state index contributed by atoms with van der Waals surface area (Å²) in [6, 6.07) is 3.86. The molecule has 2 unspecified atom stereocenters. The van der Waals surface area contributed by atoms with Crippen LogP contribution in [0.3, 0.4) is 0 Å². The number of fused-ring (bicyclic) bond motifs is 1. The van der Waals surface area contributed by atoms with Gasteiger partial charge in [-0.3, -0.25) is 4.79 Å². The van der Waals surface area contributed by atoms with E-state index in [9.17, 15) is 4.79 Å². The lowest BCUT2D eigenvalue weighted by Gasteiger charge is -2.35. The SMILES string of the molecule is COC1(CC(=O)OCC2CCC(c3ccc4c(N)ncnn34)O2)CCCCC1. The third-order valence-corrected chi connectivity index (χ3v) is 6.04. The summed E-state index contributed by atoms with van der Waals surface area (Å²) in [6.45, 7) is 0.273. The number of nitrogens with zero attached hydrogens (tertiary/aromatic N) is 3. The van der Waals surface area contributed by atoms with E-state index in [-0.39, 0.29) is 30.4 Å². The van der Waals surface area contributed by atoms with Crippen LogP contribution in [0.5, 0.6) is 0 Å². The Labute approximate surface area is 164 Å².